The number of amidine groups is 1. The van der Waals surface area contributed by atoms with E-state index in [0.717, 1.165) is 35.9 Å². The molecule has 0 aliphatic carbocycles. The van der Waals surface area contributed by atoms with Gasteiger partial charge in [0.1, 0.15) is 11.6 Å². The summed E-state index contributed by atoms with van der Waals surface area (Å²) in [7, 11) is 1.64. The van der Waals surface area contributed by atoms with E-state index in [1.165, 1.54) is 0 Å². The minimum absolute atomic E-state index is 0.408. The highest BCUT2D eigenvalue weighted by molar-refractivity contribution is 7.80. The Balaban J connectivity index is 2.30. The van der Waals surface area contributed by atoms with E-state index in [1.807, 2.05) is 54.6 Å². The van der Waals surface area contributed by atoms with Crippen molar-refractivity contribution in [2.24, 2.45) is 4.99 Å². The van der Waals surface area contributed by atoms with E-state index in [1.54, 1.807) is 7.11 Å². The zero-order valence-corrected chi connectivity index (χ0v) is 15.1. The van der Waals surface area contributed by atoms with Crippen LogP contribution in [0.2, 0.25) is 0 Å². The largest absolute Gasteiger partial charge is 0.495 e. The molecule has 0 aliphatic rings. The molecule has 0 fully saturated rings. The number of hydrogen-bond donors (Lipinski definition) is 1. The molecule has 5 heteroatoms. The van der Waals surface area contributed by atoms with Gasteiger partial charge in [0.05, 0.1) is 12.8 Å². The van der Waals surface area contributed by atoms with Crippen LogP contribution in [-0.2, 0) is 0 Å². The van der Waals surface area contributed by atoms with Gasteiger partial charge >= 0.3 is 0 Å². The van der Waals surface area contributed by atoms with Gasteiger partial charge in [-0.3, -0.25) is 0 Å². The molecular weight excluding hydrogens is 318 g/mol. The molecule has 0 aromatic heterocycles. The van der Waals surface area contributed by atoms with Crippen LogP contribution in [0.25, 0.3) is 0 Å². The van der Waals surface area contributed by atoms with Crippen LogP contribution in [0.15, 0.2) is 59.6 Å². The first-order valence-electron chi connectivity index (χ1n) is 8.02. The predicted molar refractivity (Wildman–Crippen MR) is 105 cm³/mol. The molecule has 24 heavy (non-hydrogen) atoms. The Bertz CT molecular complexity index is 697. The molecule has 0 unspecified atom stereocenters. The summed E-state index contributed by atoms with van der Waals surface area (Å²) in [6, 6.07) is 17.7. The zero-order valence-electron chi connectivity index (χ0n) is 14.3. The second-order valence-electron chi connectivity index (χ2n) is 5.10. The topological polar surface area (TPSA) is 36.9 Å². The average Bonchev–Trinajstić information content (AvgIpc) is 2.63. The lowest BCUT2D eigenvalue weighted by Gasteiger charge is -2.23. The fourth-order valence-electron chi connectivity index (χ4n) is 2.42. The smallest absolute Gasteiger partial charge is 0.199 e. The quantitative estimate of drug-likeness (QED) is 0.503. The molecule has 0 radical (unpaired) electrons. The maximum Gasteiger partial charge on any atom is 0.199 e. The predicted octanol–water partition coefficient (Wildman–Crippen LogP) is 4.18. The first-order chi connectivity index (χ1) is 11.7. The maximum atomic E-state index is 5.45. The number of aliphatic imine (C=N–C) groups is 1. The number of anilines is 1. The van der Waals surface area contributed by atoms with E-state index in [0.29, 0.717) is 5.11 Å². The molecule has 0 saturated heterocycles. The summed E-state index contributed by atoms with van der Waals surface area (Å²) in [5, 5.41) is 3.56. The number of nitrogens with zero attached hydrogens (tertiary/aromatic N) is 2. The highest BCUT2D eigenvalue weighted by Crippen LogP contribution is 2.23. The van der Waals surface area contributed by atoms with E-state index in [4.69, 9.17) is 17.0 Å². The molecule has 2 aromatic rings. The van der Waals surface area contributed by atoms with Crippen LogP contribution in [0.1, 0.15) is 19.4 Å². The molecule has 0 spiro atoms. The van der Waals surface area contributed by atoms with Gasteiger partial charge in [0.2, 0.25) is 0 Å². The van der Waals surface area contributed by atoms with E-state index < -0.39 is 0 Å². The number of rotatable bonds is 5. The normalized spacial score (nSPS) is 11.0. The Morgan fingerprint density at radius 2 is 1.67 bits per heavy atom. The van der Waals surface area contributed by atoms with Crippen LogP contribution >= 0.6 is 12.2 Å². The number of nitrogens with one attached hydrogen (secondary N) is 1. The van der Waals surface area contributed by atoms with Crippen molar-refractivity contribution >= 4 is 28.9 Å². The van der Waals surface area contributed by atoms with Crippen molar-refractivity contribution in [1.29, 1.82) is 0 Å². The van der Waals surface area contributed by atoms with Crippen LogP contribution < -0.4 is 10.1 Å². The highest BCUT2D eigenvalue weighted by atomic mass is 32.1. The second kappa shape index (κ2) is 9.03. The fraction of sp³-hybridized carbons (Fsp3) is 0.263. The van der Waals surface area contributed by atoms with Gasteiger partial charge in [-0.2, -0.15) is 0 Å². The summed E-state index contributed by atoms with van der Waals surface area (Å²) in [4.78, 5) is 6.85. The highest BCUT2D eigenvalue weighted by Gasteiger charge is 2.12. The molecule has 0 atom stereocenters. The minimum Gasteiger partial charge on any atom is -0.495 e. The van der Waals surface area contributed by atoms with E-state index in [9.17, 15) is 0 Å². The Morgan fingerprint density at radius 1 is 1.04 bits per heavy atom. The third-order valence-electron chi connectivity index (χ3n) is 3.65. The van der Waals surface area contributed by atoms with Gasteiger partial charge in [0, 0.05) is 18.7 Å². The number of methoxy groups -OCH3 is 1. The monoisotopic (exact) mass is 341 g/mol. The van der Waals surface area contributed by atoms with Gasteiger partial charge in [-0.15, -0.1) is 0 Å². The van der Waals surface area contributed by atoms with Crippen LogP contribution in [0.4, 0.5) is 5.69 Å². The third-order valence-corrected chi connectivity index (χ3v) is 3.84. The van der Waals surface area contributed by atoms with Crippen LogP contribution in [0.3, 0.4) is 0 Å². The van der Waals surface area contributed by atoms with Gasteiger partial charge in [-0.25, -0.2) is 4.99 Å². The van der Waals surface area contributed by atoms with Crippen molar-refractivity contribution in [1.82, 2.24) is 4.90 Å². The standard InChI is InChI=1S/C19H23N3OS/c1-4-22(5-2)18(15-11-7-6-8-12-15)21-19(24)20-16-13-9-10-14-17(16)23-3/h6-14H,4-5H2,1-3H3,(H,20,24)/b21-18+. The summed E-state index contributed by atoms with van der Waals surface area (Å²) in [6.07, 6.45) is 0. The molecule has 0 amide bonds. The molecular formula is C19H23N3OS. The lowest BCUT2D eigenvalue weighted by atomic mass is 10.2. The van der Waals surface area contributed by atoms with Gasteiger partial charge in [0.25, 0.3) is 0 Å². The van der Waals surface area contributed by atoms with Gasteiger partial charge in [-0.1, -0.05) is 42.5 Å². The molecule has 0 heterocycles. The molecule has 126 valence electrons. The average molecular weight is 341 g/mol. The summed E-state index contributed by atoms with van der Waals surface area (Å²) in [5.74, 6) is 1.60. The van der Waals surface area contributed by atoms with Crippen LogP contribution in [0.5, 0.6) is 5.75 Å². The number of benzene rings is 2. The maximum absolute atomic E-state index is 5.45. The molecule has 4 nitrogen and oxygen atoms in total. The van der Waals surface area contributed by atoms with Crippen molar-refractivity contribution in [3.8, 4) is 5.75 Å². The fourth-order valence-corrected chi connectivity index (χ4v) is 2.61. The zero-order chi connectivity index (χ0) is 17.4. The van der Waals surface area contributed by atoms with Crippen molar-refractivity contribution < 1.29 is 4.74 Å². The number of ether oxygens (including phenoxy) is 1. The molecule has 0 aliphatic heterocycles. The van der Waals surface area contributed by atoms with E-state index in [2.05, 4.69) is 29.1 Å². The van der Waals surface area contributed by atoms with Crippen molar-refractivity contribution in [3.63, 3.8) is 0 Å². The lowest BCUT2D eigenvalue weighted by Crippen LogP contribution is -2.32. The lowest BCUT2D eigenvalue weighted by molar-refractivity contribution is 0.417. The third kappa shape index (κ3) is 4.55. The van der Waals surface area contributed by atoms with Crippen molar-refractivity contribution in [3.05, 3.63) is 60.2 Å². The summed E-state index contributed by atoms with van der Waals surface area (Å²) >= 11 is 5.45. The number of thiocarbonyl (C=S) groups is 1. The first-order valence-corrected chi connectivity index (χ1v) is 8.43. The van der Waals surface area contributed by atoms with Crippen LogP contribution in [0, 0.1) is 0 Å². The summed E-state index contributed by atoms with van der Waals surface area (Å²) in [5.41, 5.74) is 1.85. The van der Waals surface area contributed by atoms with E-state index >= 15 is 0 Å². The molecule has 0 bridgehead atoms. The molecule has 1 N–H and O–H groups in total. The Kier molecular flexibility index (Phi) is 6.75. The van der Waals surface area contributed by atoms with Crippen molar-refractivity contribution in [2.45, 2.75) is 13.8 Å². The van der Waals surface area contributed by atoms with Gasteiger partial charge < -0.3 is 15.0 Å². The minimum atomic E-state index is 0.408. The van der Waals surface area contributed by atoms with Crippen molar-refractivity contribution in [2.75, 3.05) is 25.5 Å². The first kappa shape index (κ1) is 17.9. The van der Waals surface area contributed by atoms with Gasteiger partial charge in [0.15, 0.2) is 5.11 Å². The Labute approximate surface area is 149 Å². The molecule has 2 rings (SSSR count). The SMILES string of the molecule is CCN(CC)/C(=N/C(=S)Nc1ccccc1OC)c1ccccc1. The van der Waals surface area contributed by atoms with Gasteiger partial charge in [-0.05, 0) is 38.2 Å². The second-order valence-corrected chi connectivity index (χ2v) is 5.49. The molecule has 0 saturated carbocycles. The van der Waals surface area contributed by atoms with Crippen LogP contribution in [-0.4, -0.2) is 36.0 Å². The number of hydrogen-bond acceptors (Lipinski definition) is 2. The summed E-state index contributed by atoms with van der Waals surface area (Å²) in [6.45, 7) is 5.94. The Hall–Kier alpha value is -2.40. The van der Waals surface area contributed by atoms with E-state index in [-0.39, 0.29) is 0 Å². The summed E-state index contributed by atoms with van der Waals surface area (Å²) < 4.78 is 5.34. The Morgan fingerprint density at radius 3 is 2.29 bits per heavy atom. The number of para-hydroxylation sites is 2. The molecule has 2 aromatic carbocycles.